The molecule has 20 heavy (non-hydrogen) atoms. The molecule has 2 aliphatic carbocycles. The number of nitrogens with two attached hydrogens (primary N) is 1. The second kappa shape index (κ2) is 5.87. The molecule has 0 heterocycles. The zero-order chi connectivity index (χ0) is 14.1. The summed E-state index contributed by atoms with van der Waals surface area (Å²) in [7, 11) is 0. The Labute approximate surface area is 123 Å². The Hall–Kier alpha value is -0.860. The minimum Gasteiger partial charge on any atom is -0.271 e. The first-order chi connectivity index (χ1) is 9.76. The van der Waals surface area contributed by atoms with Crippen molar-refractivity contribution >= 4 is 0 Å². The number of rotatable bonds is 6. The molecule has 2 heteroatoms. The summed E-state index contributed by atoms with van der Waals surface area (Å²) >= 11 is 0. The smallest absolute Gasteiger partial charge is 0.0250 e. The predicted octanol–water partition coefficient (Wildman–Crippen LogP) is 3.62. The number of fused-ring (bicyclic) bond motifs is 3. The van der Waals surface area contributed by atoms with Gasteiger partial charge in [-0.1, -0.05) is 51.0 Å². The van der Waals surface area contributed by atoms with E-state index in [0.29, 0.717) is 6.04 Å². The normalized spacial score (nSPS) is 30.2. The van der Waals surface area contributed by atoms with Gasteiger partial charge in [-0.15, -0.1) is 0 Å². The molecule has 0 amide bonds. The Morgan fingerprint density at radius 3 is 2.90 bits per heavy atom. The van der Waals surface area contributed by atoms with Gasteiger partial charge in [-0.25, -0.2) is 0 Å². The lowest BCUT2D eigenvalue weighted by atomic mass is 9.91. The Bertz CT molecular complexity index is 456. The molecule has 0 radical (unpaired) electrons. The van der Waals surface area contributed by atoms with Gasteiger partial charge in [0.1, 0.15) is 0 Å². The first-order valence-corrected chi connectivity index (χ1v) is 8.30. The van der Waals surface area contributed by atoms with Crippen molar-refractivity contribution in [3.05, 3.63) is 35.4 Å². The zero-order valence-electron chi connectivity index (χ0n) is 12.8. The molecule has 1 aromatic rings. The third-order valence-electron chi connectivity index (χ3n) is 5.51. The van der Waals surface area contributed by atoms with Crippen molar-refractivity contribution in [2.24, 2.45) is 23.6 Å². The van der Waals surface area contributed by atoms with Gasteiger partial charge in [0.2, 0.25) is 0 Å². The number of hydrazine groups is 1. The minimum atomic E-state index is 0.498. The Morgan fingerprint density at radius 2 is 2.15 bits per heavy atom. The summed E-state index contributed by atoms with van der Waals surface area (Å²) in [4.78, 5) is 0. The van der Waals surface area contributed by atoms with Crippen molar-refractivity contribution in [1.82, 2.24) is 5.43 Å². The molecule has 0 bridgehead atoms. The fourth-order valence-corrected chi connectivity index (χ4v) is 4.55. The lowest BCUT2D eigenvalue weighted by molar-refractivity contribution is 0.345. The van der Waals surface area contributed by atoms with Crippen molar-refractivity contribution < 1.29 is 0 Å². The molecule has 5 atom stereocenters. The van der Waals surface area contributed by atoms with Crippen LogP contribution in [0.5, 0.6) is 0 Å². The first-order valence-electron chi connectivity index (χ1n) is 8.30. The zero-order valence-corrected chi connectivity index (χ0v) is 12.8. The van der Waals surface area contributed by atoms with E-state index in [9.17, 15) is 0 Å². The molecule has 3 N–H and O–H groups in total. The number of nitrogens with one attached hydrogen (secondary N) is 1. The number of hydrogen-bond acceptors (Lipinski definition) is 2. The van der Waals surface area contributed by atoms with Gasteiger partial charge in [0.05, 0.1) is 0 Å². The molecule has 0 aromatic heterocycles. The van der Waals surface area contributed by atoms with Crippen molar-refractivity contribution in [3.8, 4) is 0 Å². The van der Waals surface area contributed by atoms with Crippen molar-refractivity contribution in [2.45, 2.75) is 57.9 Å². The van der Waals surface area contributed by atoms with Crippen LogP contribution in [0.25, 0.3) is 0 Å². The maximum Gasteiger partial charge on any atom is 0.0250 e. The Kier molecular flexibility index (Phi) is 4.13. The molecule has 5 unspecified atom stereocenters. The molecule has 110 valence electrons. The van der Waals surface area contributed by atoms with E-state index in [-0.39, 0.29) is 0 Å². The van der Waals surface area contributed by atoms with Crippen LogP contribution in [0.2, 0.25) is 0 Å². The lowest BCUT2D eigenvalue weighted by Gasteiger charge is -2.20. The fourth-order valence-electron chi connectivity index (χ4n) is 4.55. The van der Waals surface area contributed by atoms with Gasteiger partial charge in [-0.3, -0.25) is 11.3 Å². The fraction of sp³-hybridized carbons (Fsp3) is 0.667. The Balaban J connectivity index is 1.70. The molecular formula is C18H28N2. The van der Waals surface area contributed by atoms with Gasteiger partial charge in [-0.05, 0) is 54.1 Å². The minimum absolute atomic E-state index is 0.498. The van der Waals surface area contributed by atoms with Crippen LogP contribution in [0.3, 0.4) is 0 Å². The van der Waals surface area contributed by atoms with E-state index in [1.165, 1.54) is 32.1 Å². The molecule has 1 saturated carbocycles. The third-order valence-corrected chi connectivity index (χ3v) is 5.51. The van der Waals surface area contributed by atoms with E-state index in [1.807, 2.05) is 0 Å². The highest BCUT2D eigenvalue weighted by atomic mass is 15.2. The molecule has 0 aliphatic heterocycles. The summed E-state index contributed by atoms with van der Waals surface area (Å²) < 4.78 is 0. The highest BCUT2D eigenvalue weighted by Crippen LogP contribution is 2.61. The largest absolute Gasteiger partial charge is 0.271 e. The summed E-state index contributed by atoms with van der Waals surface area (Å²) in [6.07, 6.45) is 6.43. The van der Waals surface area contributed by atoms with Gasteiger partial charge in [0.15, 0.2) is 0 Å². The maximum atomic E-state index is 5.88. The van der Waals surface area contributed by atoms with E-state index in [1.54, 1.807) is 11.1 Å². The number of aryl methyl sites for hydroxylation is 1. The number of hydrogen-bond donors (Lipinski definition) is 2. The summed E-state index contributed by atoms with van der Waals surface area (Å²) in [5, 5.41) is 0. The van der Waals surface area contributed by atoms with Crippen LogP contribution >= 0.6 is 0 Å². The second-order valence-corrected chi connectivity index (χ2v) is 6.91. The number of benzene rings is 1. The van der Waals surface area contributed by atoms with E-state index in [0.717, 1.165) is 23.7 Å². The van der Waals surface area contributed by atoms with E-state index < -0.39 is 0 Å². The van der Waals surface area contributed by atoms with Crippen molar-refractivity contribution in [1.29, 1.82) is 0 Å². The molecule has 2 aliphatic rings. The Morgan fingerprint density at radius 1 is 1.35 bits per heavy atom. The quantitative estimate of drug-likeness (QED) is 0.613. The average molecular weight is 272 g/mol. The lowest BCUT2D eigenvalue weighted by Crippen LogP contribution is -2.38. The van der Waals surface area contributed by atoms with Crippen LogP contribution in [0.4, 0.5) is 0 Å². The highest BCUT2D eigenvalue weighted by Gasteiger charge is 2.55. The molecule has 0 spiro atoms. The van der Waals surface area contributed by atoms with Crippen LogP contribution < -0.4 is 11.3 Å². The molecular weight excluding hydrogens is 244 g/mol. The molecule has 1 fully saturated rings. The molecule has 0 saturated heterocycles. The monoisotopic (exact) mass is 272 g/mol. The van der Waals surface area contributed by atoms with Gasteiger partial charge in [0, 0.05) is 6.04 Å². The summed E-state index contributed by atoms with van der Waals surface area (Å²) in [6.45, 7) is 4.64. The molecule has 2 nitrogen and oxygen atoms in total. The van der Waals surface area contributed by atoms with E-state index in [4.69, 9.17) is 5.84 Å². The van der Waals surface area contributed by atoms with E-state index in [2.05, 4.69) is 43.5 Å². The summed E-state index contributed by atoms with van der Waals surface area (Å²) in [5.74, 6) is 9.07. The first kappa shape index (κ1) is 14.1. The maximum absolute atomic E-state index is 5.88. The molecule has 1 aromatic carbocycles. The topological polar surface area (TPSA) is 38.0 Å². The van der Waals surface area contributed by atoms with Crippen LogP contribution in [-0.2, 0) is 6.42 Å². The van der Waals surface area contributed by atoms with Gasteiger partial charge in [-0.2, -0.15) is 0 Å². The summed E-state index contributed by atoms with van der Waals surface area (Å²) in [6, 6.07) is 9.53. The standard InChI is InChI=1S/C18H28N2/c1-3-6-12(2)11-16(20-19)18-15-10-9-13-7-4-5-8-14(13)17(15)18/h4-5,7-8,12,15-18,20H,3,6,9-11,19H2,1-2H3. The molecule has 3 rings (SSSR count). The van der Waals surface area contributed by atoms with Gasteiger partial charge in [0.25, 0.3) is 0 Å². The van der Waals surface area contributed by atoms with Crippen molar-refractivity contribution in [2.75, 3.05) is 0 Å². The van der Waals surface area contributed by atoms with Crippen molar-refractivity contribution in [3.63, 3.8) is 0 Å². The van der Waals surface area contributed by atoms with Crippen LogP contribution in [-0.4, -0.2) is 6.04 Å². The van der Waals surface area contributed by atoms with Gasteiger partial charge >= 0.3 is 0 Å². The second-order valence-electron chi connectivity index (χ2n) is 6.91. The van der Waals surface area contributed by atoms with E-state index >= 15 is 0 Å². The van der Waals surface area contributed by atoms with Crippen LogP contribution in [0.1, 0.15) is 56.6 Å². The average Bonchev–Trinajstić information content (AvgIpc) is 3.20. The SMILES string of the molecule is CCCC(C)CC(NN)C1C2CCc3ccccc3C21. The predicted molar refractivity (Wildman–Crippen MR) is 84.3 cm³/mol. The third kappa shape index (κ3) is 2.51. The highest BCUT2D eigenvalue weighted by molar-refractivity contribution is 5.40. The van der Waals surface area contributed by atoms with Crippen LogP contribution in [0, 0.1) is 17.8 Å². The summed E-state index contributed by atoms with van der Waals surface area (Å²) in [5.41, 5.74) is 6.33. The van der Waals surface area contributed by atoms with Crippen LogP contribution in [0.15, 0.2) is 24.3 Å². The van der Waals surface area contributed by atoms with Gasteiger partial charge < -0.3 is 0 Å².